The minimum absolute atomic E-state index is 0.409. The van der Waals surface area contributed by atoms with Crippen molar-refractivity contribution in [3.63, 3.8) is 0 Å². The maximum atomic E-state index is 5.41. The molecule has 0 unspecified atom stereocenters. The Hall–Kier alpha value is -1.84. The molecule has 2 aromatic rings. The topological polar surface area (TPSA) is 64.9 Å². The average molecular weight is 175 g/mol. The molecule has 13 heavy (non-hydrogen) atoms. The lowest BCUT2D eigenvalue weighted by atomic mass is 10.3. The lowest BCUT2D eigenvalue weighted by Crippen LogP contribution is -1.92. The van der Waals surface area contributed by atoms with Crippen LogP contribution in [0, 0.1) is 6.92 Å². The molecule has 2 heterocycles. The summed E-state index contributed by atoms with van der Waals surface area (Å²) in [6.07, 6.45) is 0. The van der Waals surface area contributed by atoms with E-state index < -0.39 is 0 Å². The van der Waals surface area contributed by atoms with Gasteiger partial charge >= 0.3 is 0 Å². The number of furan rings is 1. The van der Waals surface area contributed by atoms with Crippen LogP contribution in [-0.4, -0.2) is 10.2 Å². The van der Waals surface area contributed by atoms with Gasteiger partial charge in [-0.3, -0.25) is 0 Å². The molecule has 0 bridgehead atoms. The second kappa shape index (κ2) is 2.90. The van der Waals surface area contributed by atoms with Crippen molar-refractivity contribution in [2.75, 3.05) is 5.73 Å². The Morgan fingerprint density at radius 1 is 1.15 bits per heavy atom. The quantitative estimate of drug-likeness (QED) is 0.715. The van der Waals surface area contributed by atoms with Crippen LogP contribution >= 0.6 is 0 Å². The third-order valence-corrected chi connectivity index (χ3v) is 1.68. The van der Waals surface area contributed by atoms with Crippen LogP contribution in [0.1, 0.15) is 5.76 Å². The Morgan fingerprint density at radius 2 is 2.00 bits per heavy atom. The normalized spacial score (nSPS) is 10.2. The molecule has 0 aromatic carbocycles. The van der Waals surface area contributed by atoms with E-state index in [-0.39, 0.29) is 0 Å². The van der Waals surface area contributed by atoms with Gasteiger partial charge in [0.2, 0.25) is 0 Å². The zero-order valence-corrected chi connectivity index (χ0v) is 7.19. The average Bonchev–Trinajstić information content (AvgIpc) is 2.53. The highest BCUT2D eigenvalue weighted by molar-refractivity contribution is 5.52. The molecule has 0 aliphatic rings. The predicted molar refractivity (Wildman–Crippen MR) is 48.9 cm³/mol. The Morgan fingerprint density at radius 3 is 2.54 bits per heavy atom. The minimum atomic E-state index is 0.409. The van der Waals surface area contributed by atoms with Crippen molar-refractivity contribution < 1.29 is 4.42 Å². The molecule has 2 N–H and O–H groups in total. The van der Waals surface area contributed by atoms with Gasteiger partial charge in [-0.1, -0.05) is 0 Å². The molecule has 0 saturated carbocycles. The Bertz CT molecular complexity index is 405. The minimum Gasteiger partial charge on any atom is -0.460 e. The molecular formula is C9H9N3O. The first-order valence-electron chi connectivity index (χ1n) is 3.92. The van der Waals surface area contributed by atoms with Crippen LogP contribution in [0.15, 0.2) is 28.7 Å². The third kappa shape index (κ3) is 1.51. The maximum Gasteiger partial charge on any atom is 0.154 e. The van der Waals surface area contributed by atoms with Crippen LogP contribution < -0.4 is 5.73 Å². The number of anilines is 1. The van der Waals surface area contributed by atoms with Gasteiger partial charge in [0.15, 0.2) is 5.76 Å². The molecule has 0 fully saturated rings. The Labute approximate surface area is 75.4 Å². The fourth-order valence-electron chi connectivity index (χ4n) is 1.05. The highest BCUT2D eigenvalue weighted by atomic mass is 16.3. The van der Waals surface area contributed by atoms with E-state index in [0.29, 0.717) is 17.3 Å². The van der Waals surface area contributed by atoms with E-state index in [1.807, 2.05) is 19.1 Å². The zero-order valence-electron chi connectivity index (χ0n) is 7.19. The van der Waals surface area contributed by atoms with Gasteiger partial charge in [0.25, 0.3) is 0 Å². The van der Waals surface area contributed by atoms with E-state index >= 15 is 0 Å². The second-order valence-electron chi connectivity index (χ2n) is 2.75. The first-order valence-corrected chi connectivity index (χ1v) is 3.92. The van der Waals surface area contributed by atoms with Gasteiger partial charge in [0.1, 0.15) is 17.3 Å². The van der Waals surface area contributed by atoms with Crippen molar-refractivity contribution in [2.24, 2.45) is 0 Å². The predicted octanol–water partition coefficient (Wildman–Crippen LogP) is 1.63. The maximum absolute atomic E-state index is 5.41. The van der Waals surface area contributed by atoms with E-state index in [2.05, 4.69) is 10.2 Å². The third-order valence-electron chi connectivity index (χ3n) is 1.68. The van der Waals surface area contributed by atoms with E-state index in [1.165, 1.54) is 0 Å². The first-order chi connectivity index (χ1) is 6.25. The van der Waals surface area contributed by atoms with E-state index in [1.54, 1.807) is 12.1 Å². The molecule has 0 aliphatic carbocycles. The summed E-state index contributed by atoms with van der Waals surface area (Å²) in [6.45, 7) is 1.88. The van der Waals surface area contributed by atoms with Gasteiger partial charge in [-0.05, 0) is 31.2 Å². The number of nitrogen functional groups attached to an aromatic ring is 1. The summed E-state index contributed by atoms with van der Waals surface area (Å²) in [6, 6.07) is 7.21. The van der Waals surface area contributed by atoms with Crippen LogP contribution in [0.4, 0.5) is 5.82 Å². The number of hydrogen-bond acceptors (Lipinski definition) is 4. The zero-order chi connectivity index (χ0) is 9.26. The summed E-state index contributed by atoms with van der Waals surface area (Å²) >= 11 is 0. The molecule has 4 nitrogen and oxygen atoms in total. The summed E-state index contributed by atoms with van der Waals surface area (Å²) < 4.78 is 5.37. The van der Waals surface area contributed by atoms with Crippen LogP contribution in [0.2, 0.25) is 0 Å². The number of aryl methyl sites for hydroxylation is 1. The highest BCUT2D eigenvalue weighted by Crippen LogP contribution is 2.18. The summed E-state index contributed by atoms with van der Waals surface area (Å²) in [4.78, 5) is 0. The molecule has 4 heteroatoms. The van der Waals surface area contributed by atoms with Crippen molar-refractivity contribution in [1.29, 1.82) is 0 Å². The molecule has 2 aromatic heterocycles. The fourth-order valence-corrected chi connectivity index (χ4v) is 1.05. The molecule has 0 atom stereocenters. The van der Waals surface area contributed by atoms with Crippen LogP contribution in [0.25, 0.3) is 11.5 Å². The van der Waals surface area contributed by atoms with Gasteiger partial charge in [0, 0.05) is 0 Å². The van der Waals surface area contributed by atoms with Gasteiger partial charge < -0.3 is 10.2 Å². The SMILES string of the molecule is Cc1ccc(-c2ccc(N)nn2)o1. The van der Waals surface area contributed by atoms with E-state index in [4.69, 9.17) is 10.2 Å². The number of hydrogen-bond donors (Lipinski definition) is 1. The van der Waals surface area contributed by atoms with Crippen LogP contribution in [0.3, 0.4) is 0 Å². The van der Waals surface area contributed by atoms with Crippen LogP contribution in [0.5, 0.6) is 0 Å². The van der Waals surface area contributed by atoms with Gasteiger partial charge in [-0.15, -0.1) is 10.2 Å². The molecule has 0 radical (unpaired) electrons. The molecular weight excluding hydrogens is 166 g/mol. The number of aromatic nitrogens is 2. The molecule has 2 rings (SSSR count). The fraction of sp³-hybridized carbons (Fsp3) is 0.111. The lowest BCUT2D eigenvalue weighted by Gasteiger charge is -1.94. The number of rotatable bonds is 1. The summed E-state index contributed by atoms with van der Waals surface area (Å²) in [5.74, 6) is 1.98. The smallest absolute Gasteiger partial charge is 0.154 e. The van der Waals surface area contributed by atoms with Crippen molar-refractivity contribution in [3.8, 4) is 11.5 Å². The van der Waals surface area contributed by atoms with Crippen molar-refractivity contribution >= 4 is 5.82 Å². The number of nitrogens with zero attached hydrogens (tertiary/aromatic N) is 2. The highest BCUT2D eigenvalue weighted by Gasteiger charge is 2.03. The molecule has 66 valence electrons. The molecule has 0 aliphatic heterocycles. The molecule has 0 spiro atoms. The van der Waals surface area contributed by atoms with Gasteiger partial charge in [-0.2, -0.15) is 0 Å². The van der Waals surface area contributed by atoms with Crippen molar-refractivity contribution in [3.05, 3.63) is 30.0 Å². The standard InChI is InChI=1S/C9H9N3O/c1-6-2-4-8(13-6)7-3-5-9(10)12-11-7/h2-5H,1H3,(H2,10,12). The first kappa shape index (κ1) is 7.79. The monoisotopic (exact) mass is 175 g/mol. The van der Waals surface area contributed by atoms with E-state index in [9.17, 15) is 0 Å². The van der Waals surface area contributed by atoms with Crippen molar-refractivity contribution in [2.45, 2.75) is 6.92 Å². The Balaban J connectivity index is 2.41. The van der Waals surface area contributed by atoms with Gasteiger partial charge in [-0.25, -0.2) is 0 Å². The lowest BCUT2D eigenvalue weighted by molar-refractivity contribution is 0.545. The summed E-state index contributed by atoms with van der Waals surface area (Å²) in [7, 11) is 0. The molecule has 0 saturated heterocycles. The Kier molecular flexibility index (Phi) is 1.73. The summed E-state index contributed by atoms with van der Waals surface area (Å²) in [5.41, 5.74) is 6.10. The molecule has 0 amide bonds. The number of nitrogens with two attached hydrogens (primary N) is 1. The largest absolute Gasteiger partial charge is 0.460 e. The van der Waals surface area contributed by atoms with Gasteiger partial charge in [0.05, 0.1) is 0 Å². The van der Waals surface area contributed by atoms with Crippen LogP contribution in [-0.2, 0) is 0 Å². The van der Waals surface area contributed by atoms with E-state index in [0.717, 1.165) is 5.76 Å². The summed E-state index contributed by atoms with van der Waals surface area (Å²) in [5, 5.41) is 7.63. The van der Waals surface area contributed by atoms with Crippen molar-refractivity contribution in [1.82, 2.24) is 10.2 Å². The second-order valence-corrected chi connectivity index (χ2v) is 2.75.